The highest BCUT2D eigenvalue weighted by Crippen LogP contribution is 2.29. The van der Waals surface area contributed by atoms with E-state index in [1.807, 2.05) is 11.8 Å². The Hall–Kier alpha value is -1.64. The molecule has 0 saturated carbocycles. The first-order chi connectivity index (χ1) is 12.4. The van der Waals surface area contributed by atoms with Crippen molar-refractivity contribution in [3.63, 3.8) is 0 Å². The number of aliphatic carboxylic acids is 1. The Labute approximate surface area is 162 Å². The lowest BCUT2D eigenvalue weighted by Gasteiger charge is -2.32. The average Bonchev–Trinajstić information content (AvgIpc) is 2.61. The summed E-state index contributed by atoms with van der Waals surface area (Å²) in [5.41, 5.74) is 6.45. The largest absolute Gasteiger partial charge is 0.496 e. The summed E-state index contributed by atoms with van der Waals surface area (Å²) >= 11 is 7.82. The quantitative estimate of drug-likeness (QED) is 0.571. The number of benzene rings is 1. The van der Waals surface area contributed by atoms with Gasteiger partial charge in [0.25, 0.3) is 5.91 Å². The van der Waals surface area contributed by atoms with Gasteiger partial charge in [0.2, 0.25) is 0 Å². The number of ether oxygens (including phenoxy) is 1. The molecule has 0 aromatic heterocycles. The van der Waals surface area contributed by atoms with Crippen LogP contribution in [0.15, 0.2) is 12.1 Å². The molecule has 1 aromatic rings. The Morgan fingerprint density at radius 1 is 1.50 bits per heavy atom. The summed E-state index contributed by atoms with van der Waals surface area (Å²) in [6, 6.07) is 3.05. The van der Waals surface area contributed by atoms with Gasteiger partial charge in [-0.15, -0.1) is 0 Å². The van der Waals surface area contributed by atoms with Crippen LogP contribution in [0, 0.1) is 0 Å². The molecule has 4 N–H and O–H groups in total. The highest BCUT2D eigenvalue weighted by molar-refractivity contribution is 8.00. The van der Waals surface area contributed by atoms with Crippen LogP contribution in [0.1, 0.15) is 23.2 Å². The van der Waals surface area contributed by atoms with Crippen molar-refractivity contribution < 1.29 is 19.4 Å². The third-order valence-corrected chi connectivity index (χ3v) is 5.67. The molecule has 0 spiro atoms. The molecule has 1 fully saturated rings. The minimum atomic E-state index is -0.767. The fraction of sp³-hybridized carbons (Fsp3) is 0.529. The number of carbonyl (C=O) groups excluding carboxylic acids is 1. The SMILES string of the molecule is COc1cc(N)c(Cl)cc1C(=O)NCC1CN(CCCC(=O)O)CCS1. The first-order valence-corrected chi connectivity index (χ1v) is 9.80. The standard InChI is InChI=1S/C17H24ClN3O4S/c1-25-15-8-14(19)13(18)7-12(15)17(24)20-9-11-10-21(5-6-26-11)4-2-3-16(22)23/h7-8,11H,2-6,9-10,19H2,1H3,(H,20,24)(H,22,23). The van der Waals surface area contributed by atoms with Crippen molar-refractivity contribution >= 4 is 40.9 Å². The average molecular weight is 402 g/mol. The van der Waals surface area contributed by atoms with Gasteiger partial charge >= 0.3 is 5.97 Å². The molecule has 1 aromatic carbocycles. The van der Waals surface area contributed by atoms with Gasteiger partial charge in [-0.3, -0.25) is 9.59 Å². The van der Waals surface area contributed by atoms with Crippen molar-refractivity contribution in [3.8, 4) is 5.75 Å². The van der Waals surface area contributed by atoms with Crippen LogP contribution >= 0.6 is 23.4 Å². The molecule has 1 heterocycles. The summed E-state index contributed by atoms with van der Waals surface area (Å²) in [4.78, 5) is 25.3. The van der Waals surface area contributed by atoms with Gasteiger partial charge in [-0.2, -0.15) is 11.8 Å². The number of nitrogens with two attached hydrogens (primary N) is 1. The van der Waals surface area contributed by atoms with Crippen LogP contribution < -0.4 is 15.8 Å². The van der Waals surface area contributed by atoms with Crippen LogP contribution in [0.4, 0.5) is 5.69 Å². The molecule has 1 saturated heterocycles. The predicted octanol–water partition coefficient (Wildman–Crippen LogP) is 1.94. The lowest BCUT2D eigenvalue weighted by molar-refractivity contribution is -0.137. The number of anilines is 1. The second kappa shape index (κ2) is 9.89. The van der Waals surface area contributed by atoms with Gasteiger partial charge in [0.15, 0.2) is 0 Å². The number of nitrogen functional groups attached to an aromatic ring is 1. The van der Waals surface area contributed by atoms with E-state index in [4.69, 9.17) is 27.2 Å². The summed E-state index contributed by atoms with van der Waals surface area (Å²) < 4.78 is 5.21. The maximum absolute atomic E-state index is 12.5. The molecule has 0 aliphatic carbocycles. The van der Waals surface area contributed by atoms with Crippen molar-refractivity contribution in [2.75, 3.05) is 44.8 Å². The number of carboxylic acid groups (broad SMARTS) is 1. The van der Waals surface area contributed by atoms with E-state index in [9.17, 15) is 9.59 Å². The molecule has 1 atom stereocenters. The summed E-state index contributed by atoms with van der Waals surface area (Å²) in [5, 5.41) is 12.2. The molecule has 2 rings (SSSR count). The molecule has 1 unspecified atom stereocenters. The summed E-state index contributed by atoms with van der Waals surface area (Å²) in [5.74, 6) is 0.324. The van der Waals surface area contributed by atoms with E-state index in [-0.39, 0.29) is 17.6 Å². The number of rotatable bonds is 8. The summed E-state index contributed by atoms with van der Waals surface area (Å²) in [6.45, 7) is 3.04. The maximum atomic E-state index is 12.5. The smallest absolute Gasteiger partial charge is 0.303 e. The van der Waals surface area contributed by atoms with Crippen LogP contribution in [0.5, 0.6) is 5.75 Å². The minimum absolute atomic E-state index is 0.183. The van der Waals surface area contributed by atoms with E-state index in [1.165, 1.54) is 19.2 Å². The van der Waals surface area contributed by atoms with Gasteiger partial charge in [-0.05, 0) is 19.0 Å². The van der Waals surface area contributed by atoms with Crippen molar-refractivity contribution in [1.82, 2.24) is 10.2 Å². The number of hydrogen-bond acceptors (Lipinski definition) is 6. The third-order valence-electron chi connectivity index (χ3n) is 4.14. The Balaban J connectivity index is 1.87. The monoisotopic (exact) mass is 401 g/mol. The molecule has 1 aliphatic heterocycles. The van der Waals surface area contributed by atoms with Crippen molar-refractivity contribution in [2.45, 2.75) is 18.1 Å². The number of carboxylic acids is 1. The van der Waals surface area contributed by atoms with Crippen molar-refractivity contribution in [2.24, 2.45) is 0 Å². The molecule has 144 valence electrons. The van der Waals surface area contributed by atoms with Gasteiger partial charge in [-0.25, -0.2) is 0 Å². The van der Waals surface area contributed by atoms with Gasteiger partial charge in [0.1, 0.15) is 5.75 Å². The summed E-state index contributed by atoms with van der Waals surface area (Å²) in [6.07, 6.45) is 0.822. The van der Waals surface area contributed by atoms with Crippen LogP contribution in [0.2, 0.25) is 5.02 Å². The molecule has 0 radical (unpaired) electrons. The summed E-state index contributed by atoms with van der Waals surface area (Å²) in [7, 11) is 1.48. The first-order valence-electron chi connectivity index (χ1n) is 8.37. The Morgan fingerprint density at radius 3 is 2.96 bits per heavy atom. The Bertz CT molecular complexity index is 659. The minimum Gasteiger partial charge on any atom is -0.496 e. The second-order valence-corrected chi connectivity index (χ2v) is 7.89. The second-order valence-electron chi connectivity index (χ2n) is 6.07. The van der Waals surface area contributed by atoms with Gasteiger partial charge in [-0.1, -0.05) is 11.6 Å². The number of methoxy groups -OCH3 is 1. The number of thioether (sulfide) groups is 1. The number of hydrogen-bond donors (Lipinski definition) is 3. The molecule has 26 heavy (non-hydrogen) atoms. The van der Waals surface area contributed by atoms with Gasteiger partial charge in [0, 0.05) is 43.1 Å². The van der Waals surface area contributed by atoms with Crippen LogP contribution in [0.3, 0.4) is 0 Å². The number of halogens is 1. The van der Waals surface area contributed by atoms with Crippen LogP contribution in [-0.4, -0.2) is 66.2 Å². The van der Waals surface area contributed by atoms with E-state index in [0.717, 1.165) is 25.4 Å². The maximum Gasteiger partial charge on any atom is 0.303 e. The van der Waals surface area contributed by atoms with Gasteiger partial charge in [0.05, 0.1) is 23.4 Å². The molecular weight excluding hydrogens is 378 g/mol. The fourth-order valence-electron chi connectivity index (χ4n) is 2.78. The highest BCUT2D eigenvalue weighted by Gasteiger charge is 2.22. The van der Waals surface area contributed by atoms with E-state index >= 15 is 0 Å². The molecular formula is C17H24ClN3O4S. The third kappa shape index (κ3) is 5.96. The zero-order chi connectivity index (χ0) is 19.1. The number of amides is 1. The first kappa shape index (κ1) is 20.7. The predicted molar refractivity (Wildman–Crippen MR) is 104 cm³/mol. The lowest BCUT2D eigenvalue weighted by atomic mass is 10.1. The van der Waals surface area contributed by atoms with E-state index in [2.05, 4.69) is 10.2 Å². The zero-order valence-corrected chi connectivity index (χ0v) is 16.2. The molecule has 1 amide bonds. The lowest BCUT2D eigenvalue weighted by Crippen LogP contribution is -2.43. The number of nitrogens with one attached hydrogen (secondary N) is 1. The highest BCUT2D eigenvalue weighted by atomic mass is 35.5. The number of nitrogens with zero attached hydrogens (tertiary/aromatic N) is 1. The van der Waals surface area contributed by atoms with Crippen LogP contribution in [-0.2, 0) is 4.79 Å². The van der Waals surface area contributed by atoms with Crippen molar-refractivity contribution in [1.29, 1.82) is 0 Å². The number of carbonyl (C=O) groups is 2. The molecule has 1 aliphatic rings. The van der Waals surface area contributed by atoms with Gasteiger partial charge < -0.3 is 25.8 Å². The zero-order valence-electron chi connectivity index (χ0n) is 14.7. The van der Waals surface area contributed by atoms with E-state index in [0.29, 0.717) is 35.0 Å². The normalized spacial score (nSPS) is 17.7. The Kier molecular flexibility index (Phi) is 7.86. The Morgan fingerprint density at radius 2 is 2.27 bits per heavy atom. The molecule has 7 nitrogen and oxygen atoms in total. The fourth-order valence-corrected chi connectivity index (χ4v) is 4.16. The molecule has 0 bridgehead atoms. The van der Waals surface area contributed by atoms with E-state index in [1.54, 1.807) is 0 Å². The van der Waals surface area contributed by atoms with Crippen molar-refractivity contribution in [3.05, 3.63) is 22.7 Å². The molecule has 9 heteroatoms. The van der Waals surface area contributed by atoms with Crippen LogP contribution in [0.25, 0.3) is 0 Å². The van der Waals surface area contributed by atoms with E-state index < -0.39 is 5.97 Å². The topological polar surface area (TPSA) is 105 Å².